The molecule has 0 spiro atoms. The minimum absolute atomic E-state index is 0.516. The molecule has 0 saturated carbocycles. The SMILES string of the molecule is CC(C)C[N+](C)(C)CC(C)P(=O)(O)O. The predicted octanol–water partition coefficient (Wildman–Crippen LogP) is 1.28. The first-order chi connectivity index (χ1) is 6.04. The molecule has 4 nitrogen and oxygen atoms in total. The molecule has 0 heterocycles. The summed E-state index contributed by atoms with van der Waals surface area (Å²) in [6.07, 6.45) is 0. The van der Waals surface area contributed by atoms with Gasteiger partial charge in [0.2, 0.25) is 0 Å². The van der Waals surface area contributed by atoms with Gasteiger partial charge in [-0.3, -0.25) is 4.57 Å². The van der Waals surface area contributed by atoms with Crippen molar-refractivity contribution < 1.29 is 18.8 Å². The van der Waals surface area contributed by atoms with E-state index >= 15 is 0 Å². The molecule has 1 unspecified atom stereocenters. The summed E-state index contributed by atoms with van der Waals surface area (Å²) in [6.45, 7) is 7.29. The molecule has 1 atom stereocenters. The first-order valence-electron chi connectivity index (χ1n) is 4.92. The van der Waals surface area contributed by atoms with E-state index in [9.17, 15) is 4.57 Å². The minimum Gasteiger partial charge on any atom is -0.328 e. The highest BCUT2D eigenvalue weighted by atomic mass is 31.2. The zero-order chi connectivity index (χ0) is 11.6. The van der Waals surface area contributed by atoms with E-state index in [1.165, 1.54) is 0 Å². The van der Waals surface area contributed by atoms with Crippen molar-refractivity contribution in [1.82, 2.24) is 0 Å². The Morgan fingerprint density at radius 3 is 1.86 bits per heavy atom. The summed E-state index contributed by atoms with van der Waals surface area (Å²) in [6, 6.07) is 0. The van der Waals surface area contributed by atoms with Crippen molar-refractivity contribution in [2.75, 3.05) is 27.2 Å². The molecular weight excluding hydrogens is 201 g/mol. The molecule has 0 aromatic rings. The normalized spacial score (nSPS) is 16.0. The highest BCUT2D eigenvalue weighted by Crippen LogP contribution is 2.41. The zero-order valence-electron chi connectivity index (χ0n) is 9.77. The van der Waals surface area contributed by atoms with Crippen LogP contribution in [0.1, 0.15) is 20.8 Å². The third kappa shape index (κ3) is 5.76. The van der Waals surface area contributed by atoms with Crippen LogP contribution in [0.2, 0.25) is 0 Å². The van der Waals surface area contributed by atoms with Gasteiger partial charge in [-0.25, -0.2) is 0 Å². The van der Waals surface area contributed by atoms with E-state index in [1.807, 2.05) is 14.1 Å². The van der Waals surface area contributed by atoms with Crippen molar-refractivity contribution in [2.45, 2.75) is 26.4 Å². The summed E-state index contributed by atoms with van der Waals surface area (Å²) in [5.41, 5.74) is -0.559. The number of nitrogens with zero attached hydrogens (tertiary/aromatic N) is 1. The molecule has 0 aromatic heterocycles. The van der Waals surface area contributed by atoms with Crippen molar-refractivity contribution in [1.29, 1.82) is 0 Å². The van der Waals surface area contributed by atoms with Gasteiger partial charge < -0.3 is 14.3 Å². The molecule has 0 saturated heterocycles. The summed E-state index contributed by atoms with van der Waals surface area (Å²) in [4.78, 5) is 18.0. The first kappa shape index (κ1) is 14.1. The Hall–Kier alpha value is 0.110. The Kier molecular flexibility index (Phi) is 4.79. The first-order valence-corrected chi connectivity index (χ1v) is 6.60. The van der Waals surface area contributed by atoms with E-state index in [0.29, 0.717) is 16.9 Å². The fourth-order valence-corrected chi connectivity index (χ4v) is 2.54. The van der Waals surface area contributed by atoms with Crippen molar-refractivity contribution in [3.05, 3.63) is 0 Å². The van der Waals surface area contributed by atoms with E-state index in [2.05, 4.69) is 13.8 Å². The van der Waals surface area contributed by atoms with Crippen molar-refractivity contribution >= 4 is 7.60 Å². The van der Waals surface area contributed by atoms with Gasteiger partial charge >= 0.3 is 7.60 Å². The van der Waals surface area contributed by atoms with E-state index in [4.69, 9.17) is 9.79 Å². The Morgan fingerprint density at radius 2 is 1.57 bits per heavy atom. The fraction of sp³-hybridized carbons (Fsp3) is 1.00. The van der Waals surface area contributed by atoms with Crippen LogP contribution in [-0.4, -0.2) is 47.1 Å². The molecule has 0 fully saturated rings. The summed E-state index contributed by atoms with van der Waals surface area (Å²) in [5.74, 6) is 0.536. The molecular formula is C9H23NO3P+. The van der Waals surface area contributed by atoms with Crippen LogP contribution in [0.25, 0.3) is 0 Å². The smallest absolute Gasteiger partial charge is 0.328 e. The summed E-state index contributed by atoms with van der Waals surface area (Å²) >= 11 is 0. The lowest BCUT2D eigenvalue weighted by molar-refractivity contribution is -0.892. The molecule has 0 amide bonds. The lowest BCUT2D eigenvalue weighted by Gasteiger charge is -2.34. The molecule has 0 aliphatic carbocycles. The minimum atomic E-state index is -3.91. The van der Waals surface area contributed by atoms with Gasteiger partial charge in [0.1, 0.15) is 5.66 Å². The van der Waals surface area contributed by atoms with Crippen molar-refractivity contribution in [2.24, 2.45) is 5.92 Å². The molecule has 5 heteroatoms. The third-order valence-electron chi connectivity index (χ3n) is 2.19. The number of hydrogen-bond donors (Lipinski definition) is 2. The summed E-state index contributed by atoms with van der Waals surface area (Å²) in [5, 5.41) is 0. The molecule has 86 valence electrons. The standard InChI is InChI=1S/C9H22NO3P/c1-8(2)6-10(4,5)7-9(3)14(11,12)13/h8-9H,6-7H2,1-5H3,(H-,11,12,13)/p+1. The average Bonchev–Trinajstić information content (AvgIpc) is 1.79. The van der Waals surface area contributed by atoms with Gasteiger partial charge in [0.25, 0.3) is 0 Å². The maximum Gasteiger partial charge on any atom is 0.333 e. The Labute approximate surface area is 86.7 Å². The van der Waals surface area contributed by atoms with Crippen LogP contribution in [0.5, 0.6) is 0 Å². The van der Waals surface area contributed by atoms with Crippen molar-refractivity contribution in [3.63, 3.8) is 0 Å². The lowest BCUT2D eigenvalue weighted by Crippen LogP contribution is -2.46. The highest BCUT2D eigenvalue weighted by molar-refractivity contribution is 7.52. The van der Waals surface area contributed by atoms with Gasteiger partial charge in [0, 0.05) is 5.92 Å². The van der Waals surface area contributed by atoms with Gasteiger partial charge in [-0.15, -0.1) is 0 Å². The van der Waals surface area contributed by atoms with Crippen LogP contribution in [-0.2, 0) is 4.57 Å². The van der Waals surface area contributed by atoms with Crippen LogP contribution in [0.4, 0.5) is 0 Å². The molecule has 2 N–H and O–H groups in total. The second kappa shape index (κ2) is 4.75. The van der Waals surface area contributed by atoms with E-state index in [1.54, 1.807) is 6.92 Å². The van der Waals surface area contributed by atoms with Gasteiger partial charge in [0.05, 0.1) is 27.2 Å². The third-order valence-corrected chi connectivity index (χ3v) is 3.50. The Bertz CT molecular complexity index is 222. The number of quaternary nitrogens is 1. The number of hydrogen-bond acceptors (Lipinski definition) is 1. The predicted molar refractivity (Wildman–Crippen MR) is 58.2 cm³/mol. The maximum atomic E-state index is 11.0. The van der Waals surface area contributed by atoms with Gasteiger partial charge in [-0.2, -0.15) is 0 Å². The largest absolute Gasteiger partial charge is 0.333 e. The monoisotopic (exact) mass is 224 g/mol. The van der Waals surface area contributed by atoms with Crippen molar-refractivity contribution in [3.8, 4) is 0 Å². The molecule has 0 rings (SSSR count). The lowest BCUT2D eigenvalue weighted by atomic mass is 10.2. The van der Waals surface area contributed by atoms with Gasteiger partial charge in [-0.1, -0.05) is 13.8 Å². The van der Waals surface area contributed by atoms with Gasteiger partial charge in [-0.05, 0) is 6.92 Å². The van der Waals surface area contributed by atoms with Crippen LogP contribution < -0.4 is 0 Å². The number of rotatable bonds is 5. The van der Waals surface area contributed by atoms with E-state index < -0.39 is 13.3 Å². The second-order valence-corrected chi connectivity index (χ2v) is 7.19. The second-order valence-electron chi connectivity index (χ2n) is 5.13. The summed E-state index contributed by atoms with van der Waals surface area (Å²) in [7, 11) is 0.1000. The van der Waals surface area contributed by atoms with E-state index in [0.717, 1.165) is 6.54 Å². The topological polar surface area (TPSA) is 57.5 Å². The molecule has 0 radical (unpaired) electrons. The quantitative estimate of drug-likeness (QED) is 0.546. The fourth-order valence-electron chi connectivity index (χ4n) is 1.88. The van der Waals surface area contributed by atoms with Crippen LogP contribution in [0, 0.1) is 5.92 Å². The van der Waals surface area contributed by atoms with E-state index in [-0.39, 0.29) is 0 Å². The van der Waals surface area contributed by atoms with Crippen LogP contribution >= 0.6 is 7.60 Å². The maximum absolute atomic E-state index is 11.0. The Balaban J connectivity index is 4.29. The molecule has 14 heavy (non-hydrogen) atoms. The van der Waals surface area contributed by atoms with Crippen LogP contribution in [0.3, 0.4) is 0 Å². The van der Waals surface area contributed by atoms with Crippen LogP contribution in [0.15, 0.2) is 0 Å². The average molecular weight is 224 g/mol. The zero-order valence-corrected chi connectivity index (χ0v) is 10.7. The summed E-state index contributed by atoms with van der Waals surface area (Å²) < 4.78 is 11.6. The Morgan fingerprint density at radius 1 is 1.14 bits per heavy atom. The molecule has 0 aliphatic rings. The molecule has 0 aliphatic heterocycles. The van der Waals surface area contributed by atoms with Gasteiger partial charge in [0.15, 0.2) is 0 Å². The molecule has 0 bridgehead atoms. The highest BCUT2D eigenvalue weighted by Gasteiger charge is 2.31. The molecule has 0 aromatic carbocycles.